The molecule has 0 amide bonds. The lowest BCUT2D eigenvalue weighted by Gasteiger charge is -2.10. The molecule has 106 valence electrons. The number of thiazole rings is 1. The maximum atomic E-state index is 10.9. The van der Waals surface area contributed by atoms with E-state index in [1.165, 1.54) is 0 Å². The molecular weight excluding hydrogens is 284 g/mol. The van der Waals surface area contributed by atoms with Crippen molar-refractivity contribution in [3.8, 4) is 0 Å². The van der Waals surface area contributed by atoms with Gasteiger partial charge in [-0.2, -0.15) is 0 Å². The van der Waals surface area contributed by atoms with Crippen LogP contribution < -0.4 is 5.32 Å². The summed E-state index contributed by atoms with van der Waals surface area (Å²) in [4.78, 5) is 15.1. The summed E-state index contributed by atoms with van der Waals surface area (Å²) >= 11 is 1.61. The molecule has 3 aromatic rings. The van der Waals surface area contributed by atoms with Crippen molar-refractivity contribution in [2.45, 2.75) is 13.0 Å². The Labute approximate surface area is 126 Å². The average molecular weight is 298 g/mol. The highest BCUT2D eigenvalue weighted by Gasteiger charge is 2.06. The van der Waals surface area contributed by atoms with Crippen LogP contribution in [0, 0.1) is 0 Å². The Morgan fingerprint density at radius 1 is 1.19 bits per heavy atom. The number of carbonyl (C=O) groups is 1. The standard InChI is InChI=1S/C16H14N2O2S/c19-16(20)7-11-3-1-2-4-12(11)9-17-13-5-6-14-15(8-13)21-10-18-14/h1-6,8,10,17H,7,9H2,(H,19,20). The molecule has 0 aliphatic carbocycles. The molecule has 21 heavy (non-hydrogen) atoms. The average Bonchev–Trinajstić information content (AvgIpc) is 2.93. The summed E-state index contributed by atoms with van der Waals surface area (Å²) < 4.78 is 1.14. The van der Waals surface area contributed by atoms with E-state index in [9.17, 15) is 4.79 Å². The van der Waals surface area contributed by atoms with Gasteiger partial charge in [0.2, 0.25) is 0 Å². The molecule has 0 aliphatic heterocycles. The smallest absolute Gasteiger partial charge is 0.307 e. The summed E-state index contributed by atoms with van der Waals surface area (Å²) in [6.45, 7) is 0.605. The van der Waals surface area contributed by atoms with Crippen molar-refractivity contribution >= 4 is 33.2 Å². The quantitative estimate of drug-likeness (QED) is 0.756. The molecule has 2 aromatic carbocycles. The number of anilines is 1. The van der Waals surface area contributed by atoms with Crippen molar-refractivity contribution in [1.82, 2.24) is 4.98 Å². The second-order valence-electron chi connectivity index (χ2n) is 4.73. The molecule has 5 heteroatoms. The summed E-state index contributed by atoms with van der Waals surface area (Å²) in [6.07, 6.45) is 0.0474. The fraction of sp³-hybridized carbons (Fsp3) is 0.125. The third-order valence-electron chi connectivity index (χ3n) is 3.27. The van der Waals surface area contributed by atoms with Gasteiger partial charge in [0.05, 0.1) is 22.1 Å². The predicted octanol–water partition coefficient (Wildman–Crippen LogP) is 3.54. The first-order valence-corrected chi connectivity index (χ1v) is 7.46. The first kappa shape index (κ1) is 13.6. The molecular formula is C16H14N2O2S. The van der Waals surface area contributed by atoms with Crippen molar-refractivity contribution in [1.29, 1.82) is 0 Å². The van der Waals surface area contributed by atoms with Crippen molar-refractivity contribution in [2.75, 3.05) is 5.32 Å². The van der Waals surface area contributed by atoms with E-state index in [1.807, 2.05) is 41.9 Å². The molecule has 0 bridgehead atoms. The van der Waals surface area contributed by atoms with E-state index in [0.717, 1.165) is 27.0 Å². The summed E-state index contributed by atoms with van der Waals surface area (Å²) in [5, 5.41) is 12.3. The number of benzene rings is 2. The van der Waals surface area contributed by atoms with Gasteiger partial charge in [-0.05, 0) is 29.3 Å². The van der Waals surface area contributed by atoms with Gasteiger partial charge < -0.3 is 10.4 Å². The molecule has 0 atom stereocenters. The lowest BCUT2D eigenvalue weighted by molar-refractivity contribution is -0.136. The van der Waals surface area contributed by atoms with E-state index in [0.29, 0.717) is 6.54 Å². The Bertz CT molecular complexity index is 783. The van der Waals surface area contributed by atoms with Crippen LogP contribution >= 0.6 is 11.3 Å². The van der Waals surface area contributed by atoms with Crippen LogP contribution in [0.1, 0.15) is 11.1 Å². The van der Waals surface area contributed by atoms with Gasteiger partial charge in [0.15, 0.2) is 0 Å². The van der Waals surface area contributed by atoms with Crippen molar-refractivity contribution in [3.63, 3.8) is 0 Å². The number of carboxylic acids is 1. The zero-order chi connectivity index (χ0) is 14.7. The minimum absolute atomic E-state index is 0.0474. The Morgan fingerprint density at radius 3 is 2.81 bits per heavy atom. The number of nitrogens with zero attached hydrogens (tertiary/aromatic N) is 1. The lowest BCUT2D eigenvalue weighted by atomic mass is 10.0. The van der Waals surface area contributed by atoms with Gasteiger partial charge in [0, 0.05) is 12.2 Å². The molecule has 1 heterocycles. The Balaban J connectivity index is 1.76. The minimum atomic E-state index is -0.812. The van der Waals surface area contributed by atoms with Gasteiger partial charge in [-0.1, -0.05) is 24.3 Å². The van der Waals surface area contributed by atoms with Crippen LogP contribution in [0.2, 0.25) is 0 Å². The van der Waals surface area contributed by atoms with E-state index in [4.69, 9.17) is 5.11 Å². The fourth-order valence-corrected chi connectivity index (χ4v) is 2.94. The number of nitrogens with one attached hydrogen (secondary N) is 1. The van der Waals surface area contributed by atoms with Crippen LogP contribution in [-0.2, 0) is 17.8 Å². The maximum absolute atomic E-state index is 10.9. The molecule has 4 nitrogen and oxygen atoms in total. The van der Waals surface area contributed by atoms with Crippen LogP contribution in [0.3, 0.4) is 0 Å². The van der Waals surface area contributed by atoms with E-state index in [1.54, 1.807) is 11.3 Å². The molecule has 0 unspecified atom stereocenters. The van der Waals surface area contributed by atoms with E-state index in [2.05, 4.69) is 16.4 Å². The number of hydrogen-bond acceptors (Lipinski definition) is 4. The molecule has 1 aromatic heterocycles. The van der Waals surface area contributed by atoms with Gasteiger partial charge in [-0.3, -0.25) is 4.79 Å². The highest BCUT2D eigenvalue weighted by Crippen LogP contribution is 2.22. The highest BCUT2D eigenvalue weighted by molar-refractivity contribution is 7.16. The van der Waals surface area contributed by atoms with E-state index >= 15 is 0 Å². The second-order valence-corrected chi connectivity index (χ2v) is 5.61. The van der Waals surface area contributed by atoms with Gasteiger partial charge in [0.25, 0.3) is 0 Å². The maximum Gasteiger partial charge on any atom is 0.307 e. The largest absolute Gasteiger partial charge is 0.481 e. The van der Waals surface area contributed by atoms with E-state index in [-0.39, 0.29) is 6.42 Å². The lowest BCUT2D eigenvalue weighted by Crippen LogP contribution is -2.07. The summed E-state index contributed by atoms with van der Waals surface area (Å²) in [7, 11) is 0. The molecule has 0 aliphatic rings. The first-order chi connectivity index (χ1) is 10.2. The Kier molecular flexibility index (Phi) is 3.83. The normalized spacial score (nSPS) is 10.7. The monoisotopic (exact) mass is 298 g/mol. The third-order valence-corrected chi connectivity index (χ3v) is 4.07. The summed E-state index contributed by atoms with van der Waals surface area (Å²) in [5.74, 6) is -0.812. The van der Waals surface area contributed by atoms with Crippen LogP contribution in [0.15, 0.2) is 48.0 Å². The van der Waals surface area contributed by atoms with Crippen LogP contribution in [0.5, 0.6) is 0 Å². The first-order valence-electron chi connectivity index (χ1n) is 6.58. The minimum Gasteiger partial charge on any atom is -0.481 e. The number of fused-ring (bicyclic) bond motifs is 1. The molecule has 2 N–H and O–H groups in total. The van der Waals surface area contributed by atoms with E-state index < -0.39 is 5.97 Å². The van der Waals surface area contributed by atoms with Crippen molar-refractivity contribution in [2.24, 2.45) is 0 Å². The van der Waals surface area contributed by atoms with Crippen LogP contribution in [-0.4, -0.2) is 16.1 Å². The molecule has 0 saturated carbocycles. The predicted molar refractivity (Wildman–Crippen MR) is 84.7 cm³/mol. The van der Waals surface area contributed by atoms with Crippen LogP contribution in [0.4, 0.5) is 5.69 Å². The highest BCUT2D eigenvalue weighted by atomic mass is 32.1. The molecule has 0 radical (unpaired) electrons. The van der Waals surface area contributed by atoms with Gasteiger partial charge in [0.1, 0.15) is 0 Å². The Morgan fingerprint density at radius 2 is 2.00 bits per heavy atom. The zero-order valence-electron chi connectivity index (χ0n) is 11.2. The Hall–Kier alpha value is -2.40. The molecule has 0 saturated heterocycles. The molecule has 3 rings (SSSR count). The van der Waals surface area contributed by atoms with Gasteiger partial charge in [-0.25, -0.2) is 4.98 Å². The number of hydrogen-bond donors (Lipinski definition) is 2. The van der Waals surface area contributed by atoms with Gasteiger partial charge >= 0.3 is 5.97 Å². The zero-order valence-corrected chi connectivity index (χ0v) is 12.1. The van der Waals surface area contributed by atoms with Crippen LogP contribution in [0.25, 0.3) is 10.2 Å². The number of rotatable bonds is 5. The second kappa shape index (κ2) is 5.93. The SMILES string of the molecule is O=C(O)Cc1ccccc1CNc1ccc2ncsc2c1. The number of aliphatic carboxylic acids is 1. The number of aromatic nitrogens is 1. The topological polar surface area (TPSA) is 62.2 Å². The third kappa shape index (κ3) is 3.20. The molecule has 0 fully saturated rings. The van der Waals surface area contributed by atoms with Gasteiger partial charge in [-0.15, -0.1) is 11.3 Å². The summed E-state index contributed by atoms with van der Waals surface area (Å²) in [6, 6.07) is 13.6. The molecule has 0 spiro atoms. The van der Waals surface area contributed by atoms with Crippen molar-refractivity contribution in [3.05, 3.63) is 59.1 Å². The fourth-order valence-electron chi connectivity index (χ4n) is 2.23. The summed E-state index contributed by atoms with van der Waals surface area (Å²) in [5.41, 5.74) is 5.69. The number of carboxylic acid groups (broad SMARTS) is 1. The van der Waals surface area contributed by atoms with Crippen molar-refractivity contribution < 1.29 is 9.90 Å².